The summed E-state index contributed by atoms with van der Waals surface area (Å²) >= 11 is 19.8. The van der Waals surface area contributed by atoms with Gasteiger partial charge in [0.2, 0.25) is 5.82 Å². The van der Waals surface area contributed by atoms with Crippen LogP contribution in [0.25, 0.3) is 22.2 Å². The van der Waals surface area contributed by atoms with Crippen LogP contribution in [0, 0.1) is 0 Å². The SMILES string of the molecule is Clc1cc(Cl)c(OCc2cccc(-c3nc(-c4cccs4)no3)c2)c(Cl)c1. The Balaban J connectivity index is 1.53. The van der Waals surface area contributed by atoms with Crippen molar-refractivity contribution in [2.75, 3.05) is 0 Å². The molecule has 0 aliphatic heterocycles. The summed E-state index contributed by atoms with van der Waals surface area (Å²) in [4.78, 5) is 5.41. The average Bonchev–Trinajstić information content (AvgIpc) is 3.33. The van der Waals surface area contributed by atoms with E-state index >= 15 is 0 Å². The Kier molecular flexibility index (Phi) is 5.36. The van der Waals surface area contributed by atoms with Gasteiger partial charge in [-0.15, -0.1) is 11.3 Å². The lowest BCUT2D eigenvalue weighted by molar-refractivity contribution is 0.306. The van der Waals surface area contributed by atoms with Gasteiger partial charge in [-0.05, 0) is 41.3 Å². The number of benzene rings is 2. The van der Waals surface area contributed by atoms with E-state index in [4.69, 9.17) is 44.1 Å². The zero-order chi connectivity index (χ0) is 18.8. The lowest BCUT2D eigenvalue weighted by Gasteiger charge is -2.10. The Labute approximate surface area is 174 Å². The molecular weight excluding hydrogens is 427 g/mol. The summed E-state index contributed by atoms with van der Waals surface area (Å²) in [5.41, 5.74) is 1.71. The fourth-order valence-corrected chi connectivity index (χ4v) is 4.04. The predicted molar refractivity (Wildman–Crippen MR) is 109 cm³/mol. The molecule has 0 radical (unpaired) electrons. The number of hydrogen-bond acceptors (Lipinski definition) is 5. The molecule has 0 spiro atoms. The topological polar surface area (TPSA) is 48.2 Å². The molecule has 0 saturated carbocycles. The van der Waals surface area contributed by atoms with Crippen molar-refractivity contribution < 1.29 is 9.26 Å². The molecule has 0 unspecified atom stereocenters. The van der Waals surface area contributed by atoms with E-state index in [0.717, 1.165) is 16.0 Å². The minimum Gasteiger partial charge on any atom is -0.486 e. The Hall–Kier alpha value is -2.05. The molecule has 0 N–H and O–H groups in total. The van der Waals surface area contributed by atoms with Crippen molar-refractivity contribution in [1.29, 1.82) is 0 Å². The van der Waals surface area contributed by atoms with Gasteiger partial charge in [0.1, 0.15) is 6.61 Å². The second kappa shape index (κ2) is 7.90. The highest BCUT2D eigenvalue weighted by atomic mass is 35.5. The lowest BCUT2D eigenvalue weighted by atomic mass is 10.1. The van der Waals surface area contributed by atoms with Gasteiger partial charge in [-0.1, -0.05) is 58.2 Å². The second-order valence-corrected chi connectivity index (χ2v) is 7.79. The molecule has 0 fully saturated rings. The normalized spacial score (nSPS) is 10.9. The van der Waals surface area contributed by atoms with Crippen LogP contribution in [0.1, 0.15) is 5.56 Å². The third kappa shape index (κ3) is 4.12. The summed E-state index contributed by atoms with van der Waals surface area (Å²) in [6.07, 6.45) is 0. The first kappa shape index (κ1) is 18.3. The maximum atomic E-state index is 6.15. The molecule has 0 aliphatic rings. The van der Waals surface area contributed by atoms with Crippen LogP contribution in [-0.4, -0.2) is 10.1 Å². The summed E-state index contributed by atoms with van der Waals surface area (Å²) in [7, 11) is 0. The molecule has 136 valence electrons. The molecule has 0 bridgehead atoms. The van der Waals surface area contributed by atoms with E-state index in [1.807, 2.05) is 41.8 Å². The minimum atomic E-state index is 0.279. The molecule has 4 aromatic rings. The van der Waals surface area contributed by atoms with Crippen molar-refractivity contribution >= 4 is 46.1 Å². The Morgan fingerprint density at radius 3 is 2.56 bits per heavy atom. The Morgan fingerprint density at radius 2 is 1.81 bits per heavy atom. The summed E-state index contributed by atoms with van der Waals surface area (Å²) < 4.78 is 11.2. The zero-order valence-corrected chi connectivity index (χ0v) is 16.7. The van der Waals surface area contributed by atoms with Crippen LogP contribution in [0.5, 0.6) is 5.75 Å². The van der Waals surface area contributed by atoms with Crippen molar-refractivity contribution in [2.45, 2.75) is 6.61 Å². The first-order chi connectivity index (χ1) is 13.1. The molecule has 4 rings (SSSR count). The summed E-state index contributed by atoms with van der Waals surface area (Å²) in [6, 6.07) is 14.7. The number of aromatic nitrogens is 2. The van der Waals surface area contributed by atoms with E-state index in [9.17, 15) is 0 Å². The van der Waals surface area contributed by atoms with E-state index in [1.54, 1.807) is 23.5 Å². The first-order valence-corrected chi connectivity index (χ1v) is 9.86. The molecule has 0 atom stereocenters. The fourth-order valence-electron chi connectivity index (χ4n) is 2.46. The standard InChI is InChI=1S/C19H11Cl3N2O2S/c20-13-8-14(21)17(15(22)9-13)25-10-11-3-1-4-12(7-11)19-23-18(24-26-19)16-5-2-6-27-16/h1-9H,10H2. The third-order valence-electron chi connectivity index (χ3n) is 3.69. The van der Waals surface area contributed by atoms with Gasteiger partial charge in [-0.25, -0.2) is 0 Å². The van der Waals surface area contributed by atoms with Gasteiger partial charge in [0, 0.05) is 10.6 Å². The van der Waals surface area contributed by atoms with Gasteiger partial charge in [0.15, 0.2) is 5.75 Å². The lowest BCUT2D eigenvalue weighted by Crippen LogP contribution is -1.97. The van der Waals surface area contributed by atoms with Gasteiger partial charge in [0.05, 0.1) is 14.9 Å². The van der Waals surface area contributed by atoms with Gasteiger partial charge >= 0.3 is 0 Å². The highest BCUT2D eigenvalue weighted by molar-refractivity contribution is 7.13. The van der Waals surface area contributed by atoms with Crippen LogP contribution in [0.2, 0.25) is 15.1 Å². The monoisotopic (exact) mass is 436 g/mol. The molecule has 0 amide bonds. The molecule has 2 aromatic carbocycles. The van der Waals surface area contributed by atoms with Crippen molar-refractivity contribution in [3.63, 3.8) is 0 Å². The molecule has 0 aliphatic carbocycles. The fraction of sp³-hybridized carbons (Fsp3) is 0.0526. The smallest absolute Gasteiger partial charge is 0.258 e. The minimum absolute atomic E-state index is 0.279. The van der Waals surface area contributed by atoms with Crippen LogP contribution in [0.4, 0.5) is 0 Å². The van der Waals surface area contributed by atoms with Crippen molar-refractivity contribution in [3.8, 4) is 27.9 Å². The first-order valence-electron chi connectivity index (χ1n) is 7.84. The maximum Gasteiger partial charge on any atom is 0.258 e. The highest BCUT2D eigenvalue weighted by Gasteiger charge is 2.13. The number of ether oxygens (including phenoxy) is 1. The van der Waals surface area contributed by atoms with E-state index in [1.165, 1.54) is 0 Å². The van der Waals surface area contributed by atoms with Gasteiger partial charge < -0.3 is 9.26 Å². The van der Waals surface area contributed by atoms with E-state index in [0.29, 0.717) is 32.5 Å². The second-order valence-electron chi connectivity index (χ2n) is 5.59. The summed E-state index contributed by atoms with van der Waals surface area (Å²) in [5, 5.41) is 7.18. The summed E-state index contributed by atoms with van der Waals surface area (Å²) in [5.74, 6) is 1.41. The van der Waals surface area contributed by atoms with Crippen molar-refractivity contribution in [2.24, 2.45) is 0 Å². The third-order valence-corrected chi connectivity index (χ3v) is 5.33. The van der Waals surface area contributed by atoms with E-state index < -0.39 is 0 Å². The van der Waals surface area contributed by atoms with Gasteiger partial charge in [0.25, 0.3) is 5.89 Å². The maximum absolute atomic E-state index is 6.15. The largest absolute Gasteiger partial charge is 0.486 e. The van der Waals surface area contributed by atoms with Gasteiger partial charge in [-0.3, -0.25) is 0 Å². The van der Waals surface area contributed by atoms with Crippen LogP contribution >= 0.6 is 46.1 Å². The van der Waals surface area contributed by atoms with E-state index in [-0.39, 0.29) is 6.61 Å². The number of halogens is 3. The quantitative estimate of drug-likeness (QED) is 0.337. The van der Waals surface area contributed by atoms with Gasteiger partial charge in [-0.2, -0.15) is 4.98 Å². The molecular formula is C19H11Cl3N2O2S. The number of rotatable bonds is 5. The molecule has 4 nitrogen and oxygen atoms in total. The van der Waals surface area contributed by atoms with Crippen molar-refractivity contribution in [1.82, 2.24) is 10.1 Å². The Morgan fingerprint density at radius 1 is 1.00 bits per heavy atom. The van der Waals surface area contributed by atoms with Crippen LogP contribution in [0.3, 0.4) is 0 Å². The Bertz CT molecular complexity index is 1060. The number of nitrogens with zero attached hydrogens (tertiary/aromatic N) is 2. The molecule has 2 heterocycles. The van der Waals surface area contributed by atoms with Crippen LogP contribution in [-0.2, 0) is 6.61 Å². The highest BCUT2D eigenvalue weighted by Crippen LogP contribution is 2.36. The van der Waals surface area contributed by atoms with Crippen molar-refractivity contribution in [3.05, 3.63) is 74.5 Å². The average molecular weight is 438 g/mol. The molecule has 27 heavy (non-hydrogen) atoms. The number of thiophene rings is 1. The molecule has 2 aromatic heterocycles. The zero-order valence-electron chi connectivity index (χ0n) is 13.7. The van der Waals surface area contributed by atoms with Crippen LogP contribution in [0.15, 0.2) is 58.4 Å². The molecule has 8 heteroatoms. The number of hydrogen-bond donors (Lipinski definition) is 0. The summed E-state index contributed by atoms with van der Waals surface area (Å²) in [6.45, 7) is 0.279. The predicted octanol–water partition coefficient (Wildman–Crippen LogP) is 7.00. The molecule has 0 saturated heterocycles. The van der Waals surface area contributed by atoms with E-state index in [2.05, 4.69) is 10.1 Å². The van der Waals surface area contributed by atoms with Crippen LogP contribution < -0.4 is 4.74 Å².